The van der Waals surface area contributed by atoms with Crippen LogP contribution in [0, 0.1) is 15.9 Å². The minimum atomic E-state index is -1.02. The average molecular weight is 464 g/mol. The first-order valence-electron chi connectivity index (χ1n) is 10.2. The third-order valence-electron chi connectivity index (χ3n) is 5.36. The van der Waals surface area contributed by atoms with Crippen LogP contribution in [0.15, 0.2) is 48.8 Å². The number of carbonyl (C=O) groups is 1. The van der Waals surface area contributed by atoms with E-state index >= 15 is 0 Å². The summed E-state index contributed by atoms with van der Waals surface area (Å²) in [5, 5.41) is 17.6. The molecule has 10 nitrogen and oxygen atoms in total. The summed E-state index contributed by atoms with van der Waals surface area (Å²) in [6.45, 7) is 0. The number of ether oxygens (including phenoxy) is 1. The number of aryl methyl sites for hydroxylation is 1. The van der Waals surface area contributed by atoms with Crippen LogP contribution in [0.25, 0.3) is 22.2 Å². The molecule has 0 saturated carbocycles. The number of rotatable bonds is 7. The van der Waals surface area contributed by atoms with Gasteiger partial charge in [-0.25, -0.2) is 9.97 Å². The van der Waals surface area contributed by atoms with E-state index in [1.54, 1.807) is 7.05 Å². The van der Waals surface area contributed by atoms with Crippen molar-refractivity contribution in [3.63, 3.8) is 0 Å². The molecule has 2 aromatic heterocycles. The SMILES string of the molecule is CNC(=O)Cc1cnc(Nc2cc([N+](=O)[O-])c(F)cc2OC)nc1-c1cn(C)c2ccccc12. The van der Waals surface area contributed by atoms with Crippen molar-refractivity contribution in [3.05, 3.63) is 70.3 Å². The molecule has 2 heterocycles. The van der Waals surface area contributed by atoms with E-state index in [0.717, 1.165) is 28.6 Å². The normalized spacial score (nSPS) is 10.8. The van der Waals surface area contributed by atoms with Crippen LogP contribution in [0.5, 0.6) is 5.75 Å². The van der Waals surface area contributed by atoms with Gasteiger partial charge in [-0.15, -0.1) is 0 Å². The lowest BCUT2D eigenvalue weighted by molar-refractivity contribution is -0.387. The second kappa shape index (κ2) is 9.14. The van der Waals surface area contributed by atoms with Crippen LogP contribution in [0.1, 0.15) is 5.56 Å². The fraction of sp³-hybridized carbons (Fsp3) is 0.174. The van der Waals surface area contributed by atoms with Crippen LogP contribution in [0.2, 0.25) is 0 Å². The summed E-state index contributed by atoms with van der Waals surface area (Å²) in [5.74, 6) is -1.08. The molecule has 2 aromatic carbocycles. The van der Waals surface area contributed by atoms with Crippen LogP contribution < -0.4 is 15.4 Å². The van der Waals surface area contributed by atoms with Gasteiger partial charge in [-0.05, 0) is 6.07 Å². The Kier molecular flexibility index (Phi) is 6.09. The van der Waals surface area contributed by atoms with Crippen LogP contribution in [0.3, 0.4) is 0 Å². The van der Waals surface area contributed by atoms with E-state index in [-0.39, 0.29) is 29.7 Å². The number of likely N-dealkylation sites (N-methyl/N-ethyl adjacent to an activating group) is 1. The zero-order chi connectivity index (χ0) is 24.4. The number of anilines is 2. The third-order valence-corrected chi connectivity index (χ3v) is 5.36. The number of nitrogens with one attached hydrogen (secondary N) is 2. The predicted molar refractivity (Wildman–Crippen MR) is 125 cm³/mol. The molecule has 0 unspecified atom stereocenters. The smallest absolute Gasteiger partial charge is 0.307 e. The minimum absolute atomic E-state index is 0.0489. The number of nitro groups is 1. The van der Waals surface area contributed by atoms with Gasteiger partial charge in [0.2, 0.25) is 17.7 Å². The Morgan fingerprint density at radius 3 is 2.76 bits per heavy atom. The second-order valence-electron chi connectivity index (χ2n) is 7.47. The first-order chi connectivity index (χ1) is 16.3. The monoisotopic (exact) mass is 464 g/mol. The van der Waals surface area contributed by atoms with Gasteiger partial charge in [0.05, 0.1) is 29.8 Å². The fourth-order valence-electron chi connectivity index (χ4n) is 3.69. The van der Waals surface area contributed by atoms with E-state index in [4.69, 9.17) is 4.74 Å². The van der Waals surface area contributed by atoms with Crippen LogP contribution >= 0.6 is 0 Å². The van der Waals surface area contributed by atoms with Crippen molar-refractivity contribution in [3.8, 4) is 17.0 Å². The first-order valence-corrected chi connectivity index (χ1v) is 10.2. The van der Waals surface area contributed by atoms with E-state index in [0.29, 0.717) is 11.3 Å². The van der Waals surface area contributed by atoms with Crippen molar-refractivity contribution in [2.24, 2.45) is 7.05 Å². The number of carbonyl (C=O) groups excluding carboxylic acids is 1. The largest absolute Gasteiger partial charge is 0.494 e. The quantitative estimate of drug-likeness (QED) is 0.315. The highest BCUT2D eigenvalue weighted by Gasteiger charge is 2.21. The molecule has 4 aromatic rings. The maximum atomic E-state index is 14.0. The maximum absolute atomic E-state index is 14.0. The highest BCUT2D eigenvalue weighted by atomic mass is 19.1. The number of benzene rings is 2. The topological polar surface area (TPSA) is 124 Å². The number of methoxy groups -OCH3 is 1. The van der Waals surface area contributed by atoms with Crippen molar-refractivity contribution >= 4 is 34.1 Å². The summed E-state index contributed by atoms with van der Waals surface area (Å²) in [6, 6.07) is 9.71. The standard InChI is InChI=1S/C23H21FN6O4/c1-25-21(31)8-13-11-26-23(27-17-10-19(30(32)33)16(24)9-20(17)34-3)28-22(13)15-12-29(2)18-7-5-4-6-14(15)18/h4-7,9-12H,8H2,1-3H3,(H,25,31)(H,26,27,28). The Balaban J connectivity index is 1.84. The third kappa shape index (κ3) is 4.22. The number of halogens is 1. The highest BCUT2D eigenvalue weighted by Crippen LogP contribution is 2.35. The molecule has 0 aliphatic heterocycles. The molecule has 0 atom stereocenters. The Bertz CT molecular complexity index is 1420. The summed E-state index contributed by atoms with van der Waals surface area (Å²) in [5.41, 5.74) is 2.30. The molecular weight excluding hydrogens is 443 g/mol. The van der Waals surface area contributed by atoms with Gasteiger partial charge in [-0.2, -0.15) is 4.39 Å². The van der Waals surface area contributed by atoms with Gasteiger partial charge < -0.3 is 19.9 Å². The van der Waals surface area contributed by atoms with Crippen molar-refractivity contribution in [2.75, 3.05) is 19.5 Å². The summed E-state index contributed by atoms with van der Waals surface area (Å²) in [4.78, 5) is 31.4. The molecule has 34 heavy (non-hydrogen) atoms. The highest BCUT2D eigenvalue weighted by molar-refractivity contribution is 5.96. The molecule has 1 amide bonds. The predicted octanol–water partition coefficient (Wildman–Crippen LogP) is 3.72. The fourth-order valence-corrected chi connectivity index (χ4v) is 3.69. The summed E-state index contributed by atoms with van der Waals surface area (Å²) < 4.78 is 21.1. The van der Waals surface area contributed by atoms with Crippen LogP contribution in [-0.2, 0) is 18.3 Å². The van der Waals surface area contributed by atoms with Crippen molar-refractivity contribution in [1.82, 2.24) is 19.9 Å². The van der Waals surface area contributed by atoms with E-state index in [1.807, 2.05) is 42.1 Å². The maximum Gasteiger partial charge on any atom is 0.307 e. The Hall–Kier alpha value is -4.54. The molecule has 174 valence electrons. The lowest BCUT2D eigenvalue weighted by Gasteiger charge is -2.13. The lowest BCUT2D eigenvalue weighted by Crippen LogP contribution is -2.20. The van der Waals surface area contributed by atoms with Crippen LogP contribution in [0.4, 0.5) is 21.7 Å². The van der Waals surface area contributed by atoms with Gasteiger partial charge in [0.25, 0.3) is 0 Å². The molecule has 0 fully saturated rings. The molecule has 0 saturated heterocycles. The summed E-state index contributed by atoms with van der Waals surface area (Å²) in [6.07, 6.45) is 3.49. The first kappa shape index (κ1) is 22.6. The zero-order valence-electron chi connectivity index (χ0n) is 18.6. The number of hydrogen-bond donors (Lipinski definition) is 2. The van der Waals surface area contributed by atoms with Gasteiger partial charge in [0, 0.05) is 60.7 Å². The lowest BCUT2D eigenvalue weighted by atomic mass is 10.0. The number of amides is 1. The Morgan fingerprint density at radius 1 is 1.29 bits per heavy atom. The van der Waals surface area contributed by atoms with Crippen LogP contribution in [-0.4, -0.2) is 39.5 Å². The number of fused-ring (bicyclic) bond motifs is 1. The molecule has 4 rings (SSSR count). The number of aromatic nitrogens is 3. The van der Waals surface area contributed by atoms with Gasteiger partial charge in [0.15, 0.2) is 0 Å². The Morgan fingerprint density at radius 2 is 2.06 bits per heavy atom. The number of hydrogen-bond acceptors (Lipinski definition) is 7. The number of nitrogens with zero attached hydrogens (tertiary/aromatic N) is 4. The molecule has 2 N–H and O–H groups in total. The average Bonchev–Trinajstić information content (AvgIpc) is 3.17. The van der Waals surface area contributed by atoms with E-state index < -0.39 is 16.4 Å². The molecule has 0 aliphatic rings. The molecule has 0 spiro atoms. The molecule has 11 heteroatoms. The van der Waals surface area contributed by atoms with Crippen molar-refractivity contribution < 1.29 is 18.8 Å². The Labute approximate surface area is 193 Å². The van der Waals surface area contributed by atoms with E-state index in [2.05, 4.69) is 20.6 Å². The van der Waals surface area contributed by atoms with Gasteiger partial charge in [-0.3, -0.25) is 14.9 Å². The molecule has 0 aliphatic carbocycles. The van der Waals surface area contributed by atoms with E-state index in [9.17, 15) is 19.3 Å². The van der Waals surface area contributed by atoms with E-state index in [1.165, 1.54) is 13.3 Å². The molecular formula is C23H21FN6O4. The summed E-state index contributed by atoms with van der Waals surface area (Å²) in [7, 11) is 4.78. The van der Waals surface area contributed by atoms with Crippen molar-refractivity contribution in [1.29, 1.82) is 0 Å². The summed E-state index contributed by atoms with van der Waals surface area (Å²) >= 11 is 0. The van der Waals surface area contributed by atoms with Crippen molar-refractivity contribution in [2.45, 2.75) is 6.42 Å². The zero-order valence-corrected chi connectivity index (χ0v) is 18.6. The van der Waals surface area contributed by atoms with Gasteiger partial charge in [-0.1, -0.05) is 18.2 Å². The van der Waals surface area contributed by atoms with Gasteiger partial charge >= 0.3 is 5.69 Å². The number of para-hydroxylation sites is 1. The van der Waals surface area contributed by atoms with Gasteiger partial charge in [0.1, 0.15) is 5.75 Å². The minimum Gasteiger partial charge on any atom is -0.494 e. The number of nitro benzene ring substituents is 1. The molecule has 0 radical (unpaired) electrons. The second-order valence-corrected chi connectivity index (χ2v) is 7.47. The molecule has 0 bridgehead atoms.